The van der Waals surface area contributed by atoms with E-state index >= 15 is 8.78 Å². The molecular weight excluding hydrogens is 492 g/mol. The number of furan rings is 1. The number of likely N-dealkylation sites (tertiary alicyclic amines) is 1. The first kappa shape index (κ1) is 23.3. The van der Waals surface area contributed by atoms with Crippen LogP contribution >= 0.6 is 22.9 Å². The van der Waals surface area contributed by atoms with Crippen molar-refractivity contribution in [3.63, 3.8) is 0 Å². The fourth-order valence-electron chi connectivity index (χ4n) is 4.18. The fourth-order valence-corrected chi connectivity index (χ4v) is 5.16. The molecule has 2 N–H and O–H groups in total. The lowest BCUT2D eigenvalue weighted by Gasteiger charge is -2.30. The number of ether oxygens (including phenoxy) is 2. The van der Waals surface area contributed by atoms with Gasteiger partial charge in [-0.2, -0.15) is 13.8 Å². The molecule has 12 heteroatoms. The number of alkyl halides is 2. The Morgan fingerprint density at radius 2 is 1.97 bits per heavy atom. The van der Waals surface area contributed by atoms with Gasteiger partial charge in [0.05, 0.1) is 10.7 Å². The number of thiazole rings is 1. The molecule has 3 aromatic rings. The van der Waals surface area contributed by atoms with Crippen LogP contribution in [0.1, 0.15) is 30.3 Å². The molecule has 1 amide bonds. The third-order valence-electron chi connectivity index (χ3n) is 5.92. The highest BCUT2D eigenvalue weighted by atomic mass is 35.5. The lowest BCUT2D eigenvalue weighted by Crippen LogP contribution is -2.50. The van der Waals surface area contributed by atoms with Crippen LogP contribution in [0.3, 0.4) is 0 Å². The Labute approximate surface area is 202 Å². The van der Waals surface area contributed by atoms with Crippen LogP contribution < -0.4 is 14.8 Å². The third-order valence-corrected chi connectivity index (χ3v) is 7.00. The molecule has 8 nitrogen and oxygen atoms in total. The first-order valence-corrected chi connectivity index (χ1v) is 12.1. The molecule has 1 saturated heterocycles. The molecule has 1 fully saturated rings. The topological polar surface area (TPSA) is 97.1 Å². The summed E-state index contributed by atoms with van der Waals surface area (Å²) < 4.78 is 46.7. The number of halogens is 3. The maximum Gasteiger partial charge on any atom is 0.381 e. The largest absolute Gasteiger partial charge is 0.486 e. The number of nitrogens with one attached hydrogen (secondary N) is 1. The quantitative estimate of drug-likeness (QED) is 0.497. The number of aliphatic hydroxyl groups is 1. The van der Waals surface area contributed by atoms with Gasteiger partial charge in [-0.05, 0) is 43.6 Å². The van der Waals surface area contributed by atoms with Crippen molar-refractivity contribution in [2.24, 2.45) is 0 Å². The molecule has 0 spiro atoms. The number of hydrogen-bond acceptors (Lipinski definition) is 8. The van der Waals surface area contributed by atoms with Crippen molar-refractivity contribution in [2.45, 2.75) is 30.9 Å². The minimum absolute atomic E-state index is 0.0533. The molecule has 2 atom stereocenters. The van der Waals surface area contributed by atoms with Gasteiger partial charge in [-0.25, -0.2) is 0 Å². The average molecular weight is 514 g/mol. The van der Waals surface area contributed by atoms with E-state index in [9.17, 15) is 9.90 Å². The van der Waals surface area contributed by atoms with Crippen molar-refractivity contribution in [3.8, 4) is 11.5 Å². The van der Waals surface area contributed by atoms with Gasteiger partial charge in [0, 0.05) is 12.6 Å². The van der Waals surface area contributed by atoms with E-state index in [0.29, 0.717) is 35.0 Å². The van der Waals surface area contributed by atoms with E-state index in [4.69, 9.17) is 25.5 Å². The van der Waals surface area contributed by atoms with Crippen LogP contribution in [0.15, 0.2) is 28.7 Å². The molecule has 0 bridgehead atoms. The minimum Gasteiger partial charge on any atom is -0.486 e. The average Bonchev–Trinajstić information content (AvgIpc) is 3.55. The summed E-state index contributed by atoms with van der Waals surface area (Å²) in [7, 11) is 0. The molecule has 2 aromatic heterocycles. The van der Waals surface area contributed by atoms with Crippen LogP contribution in [0.25, 0.3) is 10.4 Å². The summed E-state index contributed by atoms with van der Waals surface area (Å²) in [5.74, 6) is -5.37. The van der Waals surface area contributed by atoms with Crippen molar-refractivity contribution >= 4 is 39.3 Å². The van der Waals surface area contributed by atoms with Crippen LogP contribution in [0.2, 0.25) is 4.47 Å². The van der Waals surface area contributed by atoms with Crippen molar-refractivity contribution in [1.82, 2.24) is 15.2 Å². The number of fused-ring (bicyclic) bond motifs is 2. The zero-order valence-electron chi connectivity index (χ0n) is 17.9. The smallest absolute Gasteiger partial charge is 0.381 e. The highest BCUT2D eigenvalue weighted by Crippen LogP contribution is 2.37. The highest BCUT2D eigenvalue weighted by Gasteiger charge is 2.46. The van der Waals surface area contributed by atoms with E-state index in [0.717, 1.165) is 43.3 Å². The lowest BCUT2D eigenvalue weighted by molar-refractivity contribution is -0.151. The summed E-state index contributed by atoms with van der Waals surface area (Å²) in [6.45, 7) is 2.52. The Hall–Kier alpha value is -2.47. The summed E-state index contributed by atoms with van der Waals surface area (Å²) in [6.07, 6.45) is 0.683. The summed E-state index contributed by atoms with van der Waals surface area (Å²) in [5.41, 5.74) is 0.372. The summed E-state index contributed by atoms with van der Waals surface area (Å²) in [4.78, 5) is 18.6. The van der Waals surface area contributed by atoms with E-state index in [1.165, 1.54) is 0 Å². The van der Waals surface area contributed by atoms with Gasteiger partial charge in [0.1, 0.15) is 19.3 Å². The van der Waals surface area contributed by atoms with Crippen molar-refractivity contribution in [1.29, 1.82) is 0 Å². The maximum atomic E-state index is 15.0. The number of amides is 1. The Kier molecular flexibility index (Phi) is 6.36. The maximum absolute atomic E-state index is 15.0. The molecule has 2 aliphatic heterocycles. The van der Waals surface area contributed by atoms with Gasteiger partial charge in [-0.3, -0.25) is 4.79 Å². The van der Waals surface area contributed by atoms with E-state index in [2.05, 4.69) is 10.3 Å². The second-order valence-electron chi connectivity index (χ2n) is 8.26. The molecule has 1 aromatic carbocycles. The van der Waals surface area contributed by atoms with E-state index in [1.807, 2.05) is 4.90 Å². The molecule has 182 valence electrons. The molecular formula is C22H22ClF2N3O5S. The highest BCUT2D eigenvalue weighted by molar-refractivity contribution is 7.22. The van der Waals surface area contributed by atoms with Crippen LogP contribution in [0.5, 0.6) is 11.5 Å². The van der Waals surface area contributed by atoms with Gasteiger partial charge in [0.25, 0.3) is 5.91 Å². The molecule has 34 heavy (non-hydrogen) atoms. The molecule has 0 radical (unpaired) electrons. The summed E-state index contributed by atoms with van der Waals surface area (Å²) in [6, 6.07) is 4.96. The fraction of sp³-hybridized carbons (Fsp3) is 0.455. The standard InChI is InChI=1S/C22H22ClF2N3O5S/c23-21-27-19-16(34-21)10-17(33-19)22(24,25)20(30)26-13(11-28-5-1-2-6-28)18(29)12-3-4-14-15(9-12)32-8-7-31-14/h3-4,9-10,13,18,29H,1-2,5-8,11H2,(H,26,30)/t13-,18-/m1/s1. The predicted molar refractivity (Wildman–Crippen MR) is 121 cm³/mol. The lowest BCUT2D eigenvalue weighted by atomic mass is 10.0. The number of carbonyl (C=O) groups excluding carboxylic acids is 1. The molecule has 4 heterocycles. The Balaban J connectivity index is 1.38. The molecule has 0 saturated carbocycles. The molecule has 2 aliphatic rings. The molecule has 0 aliphatic carbocycles. The third kappa shape index (κ3) is 4.57. The van der Waals surface area contributed by atoms with Gasteiger partial charge in [-0.15, -0.1) is 0 Å². The summed E-state index contributed by atoms with van der Waals surface area (Å²) >= 11 is 6.75. The molecule has 5 rings (SSSR count). The predicted octanol–water partition coefficient (Wildman–Crippen LogP) is 3.72. The van der Waals surface area contributed by atoms with Crippen molar-refractivity contribution in [3.05, 3.63) is 40.1 Å². The SMILES string of the molecule is O=C(N[C@H](CN1CCCC1)[C@H](O)c1ccc2c(c1)OCCO2)C(F)(F)c1cc2sc(Cl)nc2o1. The second kappa shape index (κ2) is 9.29. The van der Waals surface area contributed by atoms with Crippen LogP contribution in [-0.4, -0.2) is 59.8 Å². The van der Waals surface area contributed by atoms with Gasteiger partial charge in [0.2, 0.25) is 5.71 Å². The van der Waals surface area contributed by atoms with Crippen LogP contribution in [0.4, 0.5) is 8.78 Å². The van der Waals surface area contributed by atoms with Crippen molar-refractivity contribution < 1.29 is 32.6 Å². The monoisotopic (exact) mass is 513 g/mol. The first-order chi connectivity index (χ1) is 16.3. The van der Waals surface area contributed by atoms with E-state index < -0.39 is 29.7 Å². The Morgan fingerprint density at radius 1 is 1.24 bits per heavy atom. The molecule has 0 unspecified atom stereocenters. The van der Waals surface area contributed by atoms with Gasteiger partial charge >= 0.3 is 5.92 Å². The van der Waals surface area contributed by atoms with Crippen molar-refractivity contribution in [2.75, 3.05) is 32.8 Å². The number of rotatable bonds is 7. The Morgan fingerprint density at radius 3 is 2.71 bits per heavy atom. The number of hydrogen-bond donors (Lipinski definition) is 2. The van der Waals surface area contributed by atoms with E-state index in [-0.39, 0.29) is 16.7 Å². The van der Waals surface area contributed by atoms with Gasteiger partial charge < -0.3 is 29.2 Å². The van der Waals surface area contributed by atoms with Crippen LogP contribution in [0, 0.1) is 0 Å². The minimum atomic E-state index is -3.97. The zero-order chi connectivity index (χ0) is 23.9. The normalized spacial score (nSPS) is 18.2. The van der Waals surface area contributed by atoms with Gasteiger partial charge in [0.15, 0.2) is 21.7 Å². The van der Waals surface area contributed by atoms with E-state index in [1.54, 1.807) is 18.2 Å². The Bertz CT molecular complexity index is 1170. The number of aromatic nitrogens is 1. The first-order valence-electron chi connectivity index (χ1n) is 10.9. The summed E-state index contributed by atoms with van der Waals surface area (Å²) in [5, 5.41) is 13.5. The van der Waals surface area contributed by atoms with Crippen LogP contribution in [-0.2, 0) is 10.7 Å². The zero-order valence-corrected chi connectivity index (χ0v) is 19.5. The number of carbonyl (C=O) groups is 1. The second-order valence-corrected chi connectivity index (χ2v) is 9.87. The number of nitrogens with zero attached hydrogens (tertiary/aromatic N) is 2. The van der Waals surface area contributed by atoms with Gasteiger partial charge in [-0.1, -0.05) is 29.0 Å². The number of aliphatic hydroxyl groups excluding tert-OH is 1. The number of benzene rings is 1.